The fourth-order valence-electron chi connectivity index (χ4n) is 2.28. The van der Waals surface area contributed by atoms with E-state index in [0.29, 0.717) is 0 Å². The van der Waals surface area contributed by atoms with Crippen molar-refractivity contribution in [3.8, 4) is 0 Å². The number of methoxy groups -OCH3 is 2. The van der Waals surface area contributed by atoms with Crippen LogP contribution in [0.4, 0.5) is 0 Å². The molecule has 0 saturated carbocycles. The molecule has 0 aromatic carbocycles. The van der Waals surface area contributed by atoms with Crippen molar-refractivity contribution in [1.29, 1.82) is 0 Å². The van der Waals surface area contributed by atoms with Crippen molar-refractivity contribution >= 4 is 11.0 Å². The number of fused-ring (bicyclic) bond motifs is 1. The summed E-state index contributed by atoms with van der Waals surface area (Å²) in [4.78, 5) is 4.49. The molecule has 0 aliphatic carbocycles. The van der Waals surface area contributed by atoms with Crippen LogP contribution in [0.2, 0.25) is 0 Å². The highest BCUT2D eigenvalue weighted by Crippen LogP contribution is 2.19. The molecule has 2 aromatic rings. The van der Waals surface area contributed by atoms with Crippen LogP contribution in [-0.4, -0.2) is 43.5 Å². The van der Waals surface area contributed by atoms with E-state index in [4.69, 9.17) is 9.47 Å². The first-order valence-electron chi connectivity index (χ1n) is 6.98. The highest BCUT2D eigenvalue weighted by atomic mass is 16.5. The van der Waals surface area contributed by atoms with E-state index in [9.17, 15) is 0 Å². The lowest BCUT2D eigenvalue weighted by Gasteiger charge is -2.03. The van der Waals surface area contributed by atoms with Gasteiger partial charge in [-0.15, -0.1) is 0 Å². The summed E-state index contributed by atoms with van der Waals surface area (Å²) in [7, 11) is 3.45. The third kappa shape index (κ3) is 3.79. The normalized spacial score (nSPS) is 11.3. The molecule has 5 nitrogen and oxygen atoms in total. The SMILES string of the molecule is COCCCn1cc(CNCCOC)c2cccnc21. The Morgan fingerprint density at radius 2 is 2.10 bits per heavy atom. The highest BCUT2D eigenvalue weighted by molar-refractivity contribution is 5.80. The number of rotatable bonds is 9. The van der Waals surface area contributed by atoms with E-state index in [1.165, 1.54) is 10.9 Å². The van der Waals surface area contributed by atoms with Crippen molar-refractivity contribution in [1.82, 2.24) is 14.9 Å². The molecule has 0 radical (unpaired) electrons. The van der Waals surface area contributed by atoms with Crippen molar-refractivity contribution in [2.24, 2.45) is 0 Å². The molecule has 0 bridgehead atoms. The van der Waals surface area contributed by atoms with E-state index in [0.717, 1.165) is 44.9 Å². The molecule has 0 unspecified atom stereocenters. The van der Waals surface area contributed by atoms with Crippen LogP contribution in [0.25, 0.3) is 11.0 Å². The standard InChI is InChI=1S/C15H23N3O2/c1-19-9-4-8-18-12-13(11-16-7-10-20-2)14-5-3-6-17-15(14)18/h3,5-6,12,16H,4,7-11H2,1-2H3. The summed E-state index contributed by atoms with van der Waals surface area (Å²) in [5, 5.41) is 4.60. The second-order valence-electron chi connectivity index (χ2n) is 4.74. The zero-order chi connectivity index (χ0) is 14.2. The minimum absolute atomic E-state index is 0.727. The average Bonchev–Trinajstić information content (AvgIpc) is 2.83. The van der Waals surface area contributed by atoms with Gasteiger partial charge in [0, 0.05) is 58.2 Å². The van der Waals surface area contributed by atoms with Gasteiger partial charge in [0.25, 0.3) is 0 Å². The maximum absolute atomic E-state index is 5.11. The predicted octanol–water partition coefficient (Wildman–Crippen LogP) is 1.81. The number of pyridine rings is 1. The lowest BCUT2D eigenvalue weighted by Crippen LogP contribution is -2.18. The van der Waals surface area contributed by atoms with Crippen LogP contribution in [0.15, 0.2) is 24.5 Å². The first-order chi connectivity index (χ1) is 9.86. The number of hydrogen-bond donors (Lipinski definition) is 1. The van der Waals surface area contributed by atoms with E-state index in [1.807, 2.05) is 12.3 Å². The number of ether oxygens (including phenoxy) is 2. The average molecular weight is 277 g/mol. The minimum atomic E-state index is 0.727. The summed E-state index contributed by atoms with van der Waals surface area (Å²) in [5.74, 6) is 0. The molecule has 0 amide bonds. The predicted molar refractivity (Wildman–Crippen MR) is 79.8 cm³/mol. The fourth-order valence-corrected chi connectivity index (χ4v) is 2.28. The topological polar surface area (TPSA) is 48.3 Å². The van der Waals surface area contributed by atoms with E-state index >= 15 is 0 Å². The van der Waals surface area contributed by atoms with Crippen LogP contribution in [0, 0.1) is 0 Å². The van der Waals surface area contributed by atoms with E-state index in [1.54, 1.807) is 14.2 Å². The van der Waals surface area contributed by atoms with Crippen LogP contribution in [0.1, 0.15) is 12.0 Å². The Kier molecular flexibility index (Phi) is 5.98. The summed E-state index contributed by atoms with van der Waals surface area (Å²) < 4.78 is 12.4. The Morgan fingerprint density at radius 3 is 2.90 bits per heavy atom. The van der Waals surface area contributed by atoms with E-state index < -0.39 is 0 Å². The first kappa shape index (κ1) is 15.0. The number of aryl methyl sites for hydroxylation is 1. The molecule has 20 heavy (non-hydrogen) atoms. The summed E-state index contributed by atoms with van der Waals surface area (Å²) in [6.45, 7) is 4.12. The molecule has 2 heterocycles. The quantitative estimate of drug-likeness (QED) is 0.710. The van der Waals surface area contributed by atoms with Crippen LogP contribution in [0.3, 0.4) is 0 Å². The zero-order valence-corrected chi connectivity index (χ0v) is 12.3. The van der Waals surface area contributed by atoms with Gasteiger partial charge >= 0.3 is 0 Å². The molecule has 0 fully saturated rings. The number of aromatic nitrogens is 2. The van der Waals surface area contributed by atoms with Crippen LogP contribution < -0.4 is 5.32 Å². The smallest absolute Gasteiger partial charge is 0.140 e. The molecule has 0 aliphatic rings. The Labute approximate surface area is 119 Å². The zero-order valence-electron chi connectivity index (χ0n) is 12.3. The van der Waals surface area contributed by atoms with Crippen molar-refractivity contribution < 1.29 is 9.47 Å². The summed E-state index contributed by atoms with van der Waals surface area (Å²) in [6, 6.07) is 4.11. The van der Waals surface area contributed by atoms with Gasteiger partial charge in [-0.2, -0.15) is 0 Å². The van der Waals surface area contributed by atoms with Crippen LogP contribution >= 0.6 is 0 Å². The van der Waals surface area contributed by atoms with Gasteiger partial charge in [0.15, 0.2) is 0 Å². The van der Waals surface area contributed by atoms with Crippen LogP contribution in [-0.2, 0) is 22.6 Å². The molecular formula is C15H23N3O2. The maximum Gasteiger partial charge on any atom is 0.140 e. The minimum Gasteiger partial charge on any atom is -0.385 e. The van der Waals surface area contributed by atoms with Gasteiger partial charge in [0.2, 0.25) is 0 Å². The first-order valence-corrected chi connectivity index (χ1v) is 6.98. The van der Waals surface area contributed by atoms with Crippen LogP contribution in [0.5, 0.6) is 0 Å². The summed E-state index contributed by atoms with van der Waals surface area (Å²) in [6.07, 6.45) is 5.03. The molecule has 2 rings (SSSR count). The largest absolute Gasteiger partial charge is 0.385 e. The Morgan fingerprint density at radius 1 is 1.25 bits per heavy atom. The molecule has 110 valence electrons. The van der Waals surface area contributed by atoms with Crippen molar-refractivity contribution in [3.05, 3.63) is 30.1 Å². The molecule has 0 saturated heterocycles. The fraction of sp³-hybridized carbons (Fsp3) is 0.533. The lowest BCUT2D eigenvalue weighted by molar-refractivity contribution is 0.190. The van der Waals surface area contributed by atoms with Gasteiger partial charge in [0.1, 0.15) is 5.65 Å². The van der Waals surface area contributed by atoms with Crippen molar-refractivity contribution in [3.63, 3.8) is 0 Å². The van der Waals surface area contributed by atoms with Crippen molar-refractivity contribution in [2.45, 2.75) is 19.5 Å². The van der Waals surface area contributed by atoms with Gasteiger partial charge < -0.3 is 19.4 Å². The van der Waals surface area contributed by atoms with E-state index in [-0.39, 0.29) is 0 Å². The maximum atomic E-state index is 5.11. The van der Waals surface area contributed by atoms with Gasteiger partial charge in [-0.05, 0) is 24.1 Å². The second-order valence-corrected chi connectivity index (χ2v) is 4.74. The molecule has 0 spiro atoms. The van der Waals surface area contributed by atoms with E-state index in [2.05, 4.69) is 27.1 Å². The van der Waals surface area contributed by atoms with Gasteiger partial charge in [-0.1, -0.05) is 0 Å². The van der Waals surface area contributed by atoms with Crippen molar-refractivity contribution in [2.75, 3.05) is 34.0 Å². The molecule has 2 aromatic heterocycles. The third-order valence-electron chi connectivity index (χ3n) is 3.26. The van der Waals surface area contributed by atoms with Gasteiger partial charge in [-0.25, -0.2) is 4.98 Å². The Balaban J connectivity index is 2.09. The Hall–Kier alpha value is -1.43. The number of nitrogens with one attached hydrogen (secondary N) is 1. The monoisotopic (exact) mass is 277 g/mol. The molecule has 1 N–H and O–H groups in total. The second kappa shape index (κ2) is 7.99. The van der Waals surface area contributed by atoms with Gasteiger partial charge in [0.05, 0.1) is 6.61 Å². The summed E-state index contributed by atoms with van der Waals surface area (Å²) in [5.41, 5.74) is 2.33. The molecule has 0 atom stereocenters. The highest BCUT2D eigenvalue weighted by Gasteiger charge is 2.08. The number of hydrogen-bond acceptors (Lipinski definition) is 4. The molecule has 5 heteroatoms. The number of nitrogens with zero attached hydrogens (tertiary/aromatic N) is 2. The van der Waals surface area contributed by atoms with Gasteiger partial charge in [-0.3, -0.25) is 0 Å². The third-order valence-corrected chi connectivity index (χ3v) is 3.26. The Bertz CT molecular complexity index is 525. The molecular weight excluding hydrogens is 254 g/mol. The lowest BCUT2D eigenvalue weighted by atomic mass is 10.2. The summed E-state index contributed by atoms with van der Waals surface area (Å²) >= 11 is 0. The molecule has 0 aliphatic heterocycles.